The minimum atomic E-state index is -3.80. The Morgan fingerprint density at radius 3 is 2.45 bits per heavy atom. The number of halogens is 3. The lowest BCUT2D eigenvalue weighted by molar-refractivity contribution is 0.0783. The monoisotopic (exact) mass is 458 g/mol. The number of sulfonamides is 1. The second-order valence-corrected chi connectivity index (χ2v) is 9.69. The summed E-state index contributed by atoms with van der Waals surface area (Å²) in [6.45, 7) is 0.812. The third-order valence-corrected chi connectivity index (χ3v) is 7.65. The maximum Gasteiger partial charge on any atom is 0.253 e. The molecule has 0 atom stereocenters. The molecule has 156 valence electrons. The zero-order valence-corrected chi connectivity index (χ0v) is 18.2. The van der Waals surface area contributed by atoms with Crippen molar-refractivity contribution in [1.82, 2.24) is 9.21 Å². The Balaban J connectivity index is 1.87. The number of carbonyl (C=O) groups excluding carboxylic acids is 1. The van der Waals surface area contributed by atoms with Crippen LogP contribution < -0.4 is 0 Å². The van der Waals surface area contributed by atoms with Gasteiger partial charge in [-0.25, -0.2) is 12.8 Å². The molecule has 0 spiro atoms. The quantitative estimate of drug-likeness (QED) is 0.658. The topological polar surface area (TPSA) is 57.7 Å². The minimum Gasteiger partial charge on any atom is -0.337 e. The molecule has 0 radical (unpaired) electrons. The molecule has 1 amide bonds. The van der Waals surface area contributed by atoms with Gasteiger partial charge in [0.25, 0.3) is 5.91 Å². The van der Waals surface area contributed by atoms with Gasteiger partial charge in [-0.05, 0) is 43.2 Å². The predicted molar refractivity (Wildman–Crippen MR) is 111 cm³/mol. The highest BCUT2D eigenvalue weighted by Crippen LogP contribution is 2.28. The van der Waals surface area contributed by atoms with Crippen LogP contribution in [0.25, 0.3) is 0 Å². The summed E-state index contributed by atoms with van der Waals surface area (Å²) in [5.74, 6) is -0.974. The van der Waals surface area contributed by atoms with Gasteiger partial charge in [0.05, 0.1) is 5.02 Å². The molecule has 0 aliphatic carbocycles. The molecule has 1 aliphatic rings. The predicted octanol–water partition coefficient (Wildman–Crippen LogP) is 4.58. The highest BCUT2D eigenvalue weighted by atomic mass is 35.5. The molecule has 0 saturated carbocycles. The first kappa shape index (κ1) is 22.0. The lowest BCUT2D eigenvalue weighted by atomic mass is 10.1. The van der Waals surface area contributed by atoms with Crippen LogP contribution in [0.5, 0.6) is 0 Å². The summed E-state index contributed by atoms with van der Waals surface area (Å²) in [4.78, 5) is 14.0. The van der Waals surface area contributed by atoms with E-state index in [2.05, 4.69) is 0 Å². The Labute approximate surface area is 180 Å². The van der Waals surface area contributed by atoms with E-state index in [9.17, 15) is 17.6 Å². The molecular formula is C20H21Cl2FN2O3S. The molecule has 0 bridgehead atoms. The van der Waals surface area contributed by atoms with E-state index in [0.29, 0.717) is 13.1 Å². The second-order valence-electron chi connectivity index (χ2n) is 6.97. The van der Waals surface area contributed by atoms with Crippen LogP contribution in [0, 0.1) is 5.82 Å². The standard InChI is InChI=1S/C20H21Cl2FN2O3S/c1-24(13-15-16(21)6-5-7-18(15)23)20(26)14-8-9-17(22)19(12-14)29(27,28)25-10-3-2-4-11-25/h5-9,12H,2-4,10-11,13H2,1H3. The van der Waals surface area contributed by atoms with Crippen molar-refractivity contribution in [3.05, 3.63) is 63.4 Å². The molecule has 0 N–H and O–H groups in total. The van der Waals surface area contributed by atoms with E-state index >= 15 is 0 Å². The molecule has 1 aliphatic heterocycles. The van der Waals surface area contributed by atoms with Crippen LogP contribution in [0.4, 0.5) is 4.39 Å². The number of piperidine rings is 1. The molecule has 2 aromatic carbocycles. The normalized spacial score (nSPS) is 15.3. The van der Waals surface area contributed by atoms with Crippen LogP contribution >= 0.6 is 23.2 Å². The van der Waals surface area contributed by atoms with Crippen LogP contribution in [0.1, 0.15) is 35.2 Å². The van der Waals surface area contributed by atoms with Crippen molar-refractivity contribution < 1.29 is 17.6 Å². The lowest BCUT2D eigenvalue weighted by Gasteiger charge is -2.26. The van der Waals surface area contributed by atoms with E-state index in [1.807, 2.05) is 0 Å². The number of benzene rings is 2. The summed E-state index contributed by atoms with van der Waals surface area (Å²) in [6.07, 6.45) is 2.57. The summed E-state index contributed by atoms with van der Waals surface area (Å²) < 4.78 is 41.4. The van der Waals surface area contributed by atoms with Crippen LogP contribution in [0.15, 0.2) is 41.3 Å². The lowest BCUT2D eigenvalue weighted by Crippen LogP contribution is -2.36. The Bertz CT molecular complexity index is 1000. The van der Waals surface area contributed by atoms with Gasteiger partial charge in [0, 0.05) is 42.8 Å². The number of hydrogen-bond donors (Lipinski definition) is 0. The molecule has 0 aromatic heterocycles. The third kappa shape index (κ3) is 4.74. The van der Waals surface area contributed by atoms with Crippen molar-refractivity contribution in [3.8, 4) is 0 Å². The van der Waals surface area contributed by atoms with Crippen LogP contribution in [0.3, 0.4) is 0 Å². The van der Waals surface area contributed by atoms with E-state index in [-0.39, 0.29) is 32.6 Å². The van der Waals surface area contributed by atoms with Gasteiger partial charge in [0.1, 0.15) is 10.7 Å². The zero-order valence-electron chi connectivity index (χ0n) is 15.9. The van der Waals surface area contributed by atoms with Gasteiger partial charge in [-0.3, -0.25) is 4.79 Å². The van der Waals surface area contributed by atoms with E-state index in [0.717, 1.165) is 19.3 Å². The van der Waals surface area contributed by atoms with E-state index in [1.165, 1.54) is 46.6 Å². The second kappa shape index (κ2) is 9.00. The molecule has 1 heterocycles. The zero-order chi connectivity index (χ0) is 21.2. The van der Waals surface area contributed by atoms with Gasteiger partial charge >= 0.3 is 0 Å². The van der Waals surface area contributed by atoms with Crippen LogP contribution in [-0.2, 0) is 16.6 Å². The van der Waals surface area contributed by atoms with E-state index in [4.69, 9.17) is 23.2 Å². The first-order valence-electron chi connectivity index (χ1n) is 9.20. The van der Waals surface area contributed by atoms with E-state index < -0.39 is 21.7 Å². The molecule has 3 rings (SSSR count). The van der Waals surface area contributed by atoms with Gasteiger partial charge in [0.15, 0.2) is 0 Å². The smallest absolute Gasteiger partial charge is 0.253 e. The molecular weight excluding hydrogens is 438 g/mol. The Morgan fingerprint density at radius 1 is 1.10 bits per heavy atom. The van der Waals surface area contributed by atoms with Crippen molar-refractivity contribution >= 4 is 39.1 Å². The maximum atomic E-state index is 14.0. The maximum absolute atomic E-state index is 14.0. The number of hydrogen-bond acceptors (Lipinski definition) is 3. The van der Waals surface area contributed by atoms with Crippen molar-refractivity contribution in [2.45, 2.75) is 30.7 Å². The van der Waals surface area contributed by atoms with Crippen LogP contribution in [-0.4, -0.2) is 43.7 Å². The number of carbonyl (C=O) groups is 1. The Morgan fingerprint density at radius 2 is 1.79 bits per heavy atom. The average Bonchev–Trinajstić information content (AvgIpc) is 2.71. The number of rotatable bonds is 5. The molecule has 0 unspecified atom stereocenters. The molecule has 5 nitrogen and oxygen atoms in total. The third-order valence-electron chi connectivity index (χ3n) is 4.91. The number of amides is 1. The summed E-state index contributed by atoms with van der Waals surface area (Å²) in [7, 11) is -2.30. The number of nitrogens with zero attached hydrogens (tertiary/aromatic N) is 2. The van der Waals surface area contributed by atoms with Gasteiger partial charge < -0.3 is 4.90 Å². The van der Waals surface area contributed by atoms with E-state index in [1.54, 1.807) is 6.07 Å². The average molecular weight is 459 g/mol. The van der Waals surface area contributed by atoms with Crippen molar-refractivity contribution in [2.75, 3.05) is 20.1 Å². The molecule has 2 aromatic rings. The van der Waals surface area contributed by atoms with Crippen molar-refractivity contribution in [2.24, 2.45) is 0 Å². The molecule has 9 heteroatoms. The first-order valence-corrected chi connectivity index (χ1v) is 11.4. The van der Waals surface area contributed by atoms with Gasteiger partial charge in [-0.2, -0.15) is 4.31 Å². The molecule has 1 fully saturated rings. The Kier molecular flexibility index (Phi) is 6.83. The van der Waals surface area contributed by atoms with Crippen LogP contribution in [0.2, 0.25) is 10.0 Å². The minimum absolute atomic E-state index is 0.0544. The summed E-state index contributed by atoms with van der Waals surface area (Å²) in [5, 5.41) is 0.279. The Hall–Kier alpha value is -1.67. The molecule has 1 saturated heterocycles. The fourth-order valence-corrected chi connectivity index (χ4v) is 5.53. The largest absolute Gasteiger partial charge is 0.337 e. The SMILES string of the molecule is CN(Cc1c(F)cccc1Cl)C(=O)c1ccc(Cl)c(S(=O)(=O)N2CCCCC2)c1. The summed E-state index contributed by atoms with van der Waals surface area (Å²) in [5.41, 5.74) is 0.347. The van der Waals surface area contributed by atoms with Gasteiger partial charge in [-0.15, -0.1) is 0 Å². The fourth-order valence-electron chi connectivity index (χ4n) is 3.29. The highest BCUT2D eigenvalue weighted by Gasteiger charge is 2.29. The van der Waals surface area contributed by atoms with Gasteiger partial charge in [0.2, 0.25) is 10.0 Å². The van der Waals surface area contributed by atoms with Gasteiger partial charge in [-0.1, -0.05) is 35.7 Å². The molecule has 29 heavy (non-hydrogen) atoms. The highest BCUT2D eigenvalue weighted by molar-refractivity contribution is 7.89. The fraction of sp³-hybridized carbons (Fsp3) is 0.350. The summed E-state index contributed by atoms with van der Waals surface area (Å²) in [6, 6.07) is 8.44. The first-order chi connectivity index (χ1) is 13.7. The summed E-state index contributed by atoms with van der Waals surface area (Å²) >= 11 is 12.2. The van der Waals surface area contributed by atoms with Crippen molar-refractivity contribution in [3.63, 3.8) is 0 Å². The van der Waals surface area contributed by atoms with Crippen molar-refractivity contribution in [1.29, 1.82) is 0 Å².